The Morgan fingerprint density at radius 2 is 2.14 bits per heavy atom. The number of nitrogens with one attached hydrogen (secondary N) is 2. The first-order chi connectivity index (χ1) is 10.1. The van der Waals surface area contributed by atoms with Crippen LogP contribution in [0.1, 0.15) is 31.2 Å². The van der Waals surface area contributed by atoms with Crippen molar-refractivity contribution in [2.45, 2.75) is 38.1 Å². The van der Waals surface area contributed by atoms with Crippen molar-refractivity contribution in [1.29, 1.82) is 0 Å². The van der Waals surface area contributed by atoms with Crippen molar-refractivity contribution >= 4 is 17.7 Å². The number of hydrogen-bond acceptors (Lipinski definition) is 2. The molecule has 21 heavy (non-hydrogen) atoms. The van der Waals surface area contributed by atoms with E-state index in [1.54, 1.807) is 6.07 Å². The van der Waals surface area contributed by atoms with Crippen LogP contribution in [0.5, 0.6) is 0 Å². The Morgan fingerprint density at radius 1 is 1.29 bits per heavy atom. The van der Waals surface area contributed by atoms with Gasteiger partial charge in [0, 0.05) is 18.2 Å². The molecule has 5 heteroatoms. The van der Waals surface area contributed by atoms with Gasteiger partial charge in [0.05, 0.1) is 0 Å². The molecule has 1 aromatic rings. The lowest BCUT2D eigenvalue weighted by Crippen LogP contribution is -2.38. The van der Waals surface area contributed by atoms with Crippen LogP contribution >= 0.6 is 0 Å². The Balaban J connectivity index is 1.86. The molecule has 0 spiro atoms. The van der Waals surface area contributed by atoms with Gasteiger partial charge >= 0.3 is 12.0 Å². The molecule has 0 bridgehead atoms. The van der Waals surface area contributed by atoms with Gasteiger partial charge in [-0.15, -0.1) is 0 Å². The number of allylic oxidation sites excluding steroid dienone is 1. The zero-order valence-electron chi connectivity index (χ0n) is 11.8. The molecule has 0 radical (unpaired) electrons. The average molecular weight is 288 g/mol. The maximum atomic E-state index is 11.9. The molecule has 0 aliphatic heterocycles. The maximum Gasteiger partial charge on any atom is 0.319 e. The zero-order chi connectivity index (χ0) is 15.1. The summed E-state index contributed by atoms with van der Waals surface area (Å²) in [6, 6.07) is 7.25. The third kappa shape index (κ3) is 5.30. The summed E-state index contributed by atoms with van der Waals surface area (Å²) in [6.07, 6.45) is 7.58. The fourth-order valence-electron chi connectivity index (χ4n) is 2.33. The van der Waals surface area contributed by atoms with E-state index in [1.807, 2.05) is 18.2 Å². The lowest BCUT2D eigenvalue weighted by Gasteiger charge is -2.19. The molecule has 0 aromatic heterocycles. The van der Waals surface area contributed by atoms with Crippen LogP contribution in [-0.2, 0) is 11.2 Å². The molecular formula is C16H20N2O3. The van der Waals surface area contributed by atoms with Crippen molar-refractivity contribution in [1.82, 2.24) is 5.32 Å². The number of aryl methyl sites for hydroxylation is 1. The summed E-state index contributed by atoms with van der Waals surface area (Å²) in [4.78, 5) is 22.5. The van der Waals surface area contributed by atoms with E-state index in [4.69, 9.17) is 5.11 Å². The molecule has 1 atom stereocenters. The fraction of sp³-hybridized carbons (Fsp3) is 0.375. The van der Waals surface area contributed by atoms with Crippen LogP contribution in [0, 0.1) is 0 Å². The lowest BCUT2D eigenvalue weighted by molar-refractivity contribution is -0.136. The Labute approximate surface area is 124 Å². The Morgan fingerprint density at radius 3 is 2.86 bits per heavy atom. The second-order valence-electron chi connectivity index (χ2n) is 5.17. The van der Waals surface area contributed by atoms with E-state index in [2.05, 4.69) is 22.8 Å². The topological polar surface area (TPSA) is 78.4 Å². The number of anilines is 1. The predicted octanol–water partition coefficient (Wildman–Crippen LogP) is 2.93. The molecule has 1 aromatic carbocycles. The van der Waals surface area contributed by atoms with Gasteiger partial charge in [-0.1, -0.05) is 24.3 Å². The van der Waals surface area contributed by atoms with E-state index in [0.717, 1.165) is 24.8 Å². The van der Waals surface area contributed by atoms with Crippen molar-refractivity contribution in [3.8, 4) is 0 Å². The number of carbonyl (C=O) groups is 2. The monoisotopic (exact) mass is 288 g/mol. The van der Waals surface area contributed by atoms with Gasteiger partial charge in [0.1, 0.15) is 0 Å². The van der Waals surface area contributed by atoms with E-state index in [-0.39, 0.29) is 18.5 Å². The van der Waals surface area contributed by atoms with E-state index in [0.29, 0.717) is 12.1 Å². The number of amides is 2. The third-order valence-corrected chi connectivity index (χ3v) is 3.42. The standard InChI is InChI=1S/C16H20N2O3/c19-15(20)10-9-12-5-4-8-14(11-12)18-16(21)17-13-6-2-1-3-7-13/h1-2,4-5,8,11,13H,3,6-7,9-10H2,(H,19,20)(H2,17,18,21). The van der Waals surface area contributed by atoms with Crippen molar-refractivity contribution in [3.05, 3.63) is 42.0 Å². The van der Waals surface area contributed by atoms with Gasteiger partial charge in [0.15, 0.2) is 0 Å². The van der Waals surface area contributed by atoms with Gasteiger partial charge in [-0.3, -0.25) is 4.79 Å². The van der Waals surface area contributed by atoms with Crippen molar-refractivity contribution in [2.24, 2.45) is 0 Å². The first-order valence-corrected chi connectivity index (χ1v) is 7.17. The first-order valence-electron chi connectivity index (χ1n) is 7.17. The van der Waals surface area contributed by atoms with Gasteiger partial charge in [0.25, 0.3) is 0 Å². The Hall–Kier alpha value is -2.30. The summed E-state index contributed by atoms with van der Waals surface area (Å²) in [5.41, 5.74) is 1.58. The van der Waals surface area contributed by atoms with Gasteiger partial charge < -0.3 is 15.7 Å². The van der Waals surface area contributed by atoms with E-state index < -0.39 is 5.97 Å². The smallest absolute Gasteiger partial charge is 0.319 e. The van der Waals surface area contributed by atoms with Gasteiger partial charge in [0.2, 0.25) is 0 Å². The van der Waals surface area contributed by atoms with Gasteiger partial charge in [-0.2, -0.15) is 0 Å². The number of aliphatic carboxylic acids is 1. The Kier molecular flexibility index (Phi) is 5.37. The molecule has 1 unspecified atom stereocenters. The SMILES string of the molecule is O=C(O)CCc1cccc(NC(=O)NC2CC=CCC2)c1. The fourth-order valence-corrected chi connectivity index (χ4v) is 2.33. The van der Waals surface area contributed by atoms with E-state index in [1.165, 1.54) is 0 Å². The molecule has 5 nitrogen and oxygen atoms in total. The van der Waals surface area contributed by atoms with Crippen LogP contribution in [0.15, 0.2) is 36.4 Å². The lowest BCUT2D eigenvalue weighted by atomic mass is 10.0. The van der Waals surface area contributed by atoms with Crippen LogP contribution in [0.3, 0.4) is 0 Å². The normalized spacial score (nSPS) is 17.2. The first kappa shape index (κ1) is 15.1. The van der Waals surface area contributed by atoms with Crippen LogP contribution < -0.4 is 10.6 Å². The minimum absolute atomic E-state index is 0.0874. The van der Waals surface area contributed by atoms with Crippen LogP contribution in [-0.4, -0.2) is 23.1 Å². The van der Waals surface area contributed by atoms with Gasteiger partial charge in [-0.05, 0) is 43.4 Å². The van der Waals surface area contributed by atoms with Crippen molar-refractivity contribution < 1.29 is 14.7 Å². The summed E-state index contributed by atoms with van der Waals surface area (Å²) in [5, 5.41) is 14.4. The largest absolute Gasteiger partial charge is 0.481 e. The highest BCUT2D eigenvalue weighted by molar-refractivity contribution is 5.89. The van der Waals surface area contributed by atoms with Gasteiger partial charge in [-0.25, -0.2) is 4.79 Å². The van der Waals surface area contributed by atoms with E-state index in [9.17, 15) is 9.59 Å². The number of carbonyl (C=O) groups excluding carboxylic acids is 1. The van der Waals surface area contributed by atoms with Crippen molar-refractivity contribution in [2.75, 3.05) is 5.32 Å². The molecule has 0 heterocycles. The zero-order valence-corrected chi connectivity index (χ0v) is 11.8. The number of carboxylic acid groups (broad SMARTS) is 1. The highest BCUT2D eigenvalue weighted by Gasteiger charge is 2.12. The maximum absolute atomic E-state index is 11.9. The number of rotatable bonds is 5. The van der Waals surface area contributed by atoms with Crippen LogP contribution in [0.25, 0.3) is 0 Å². The molecule has 1 aliphatic carbocycles. The molecule has 112 valence electrons. The summed E-state index contributed by atoms with van der Waals surface area (Å²) < 4.78 is 0. The second-order valence-corrected chi connectivity index (χ2v) is 5.17. The minimum Gasteiger partial charge on any atom is -0.481 e. The molecule has 1 aliphatic rings. The van der Waals surface area contributed by atoms with Crippen LogP contribution in [0.2, 0.25) is 0 Å². The average Bonchev–Trinajstić information content (AvgIpc) is 2.46. The number of hydrogen-bond donors (Lipinski definition) is 3. The summed E-state index contributed by atoms with van der Waals surface area (Å²) in [5.74, 6) is -0.823. The van der Waals surface area contributed by atoms with E-state index >= 15 is 0 Å². The molecular weight excluding hydrogens is 268 g/mol. The Bertz CT molecular complexity index is 540. The number of carboxylic acids is 1. The predicted molar refractivity (Wildman–Crippen MR) is 81.3 cm³/mol. The molecule has 2 rings (SSSR count). The van der Waals surface area contributed by atoms with Crippen molar-refractivity contribution in [3.63, 3.8) is 0 Å². The summed E-state index contributed by atoms with van der Waals surface area (Å²) >= 11 is 0. The molecule has 2 amide bonds. The summed E-state index contributed by atoms with van der Waals surface area (Å²) in [7, 11) is 0. The highest BCUT2D eigenvalue weighted by Crippen LogP contribution is 2.14. The number of urea groups is 1. The highest BCUT2D eigenvalue weighted by atomic mass is 16.4. The number of benzene rings is 1. The minimum atomic E-state index is -0.823. The molecule has 3 N–H and O–H groups in total. The molecule has 0 saturated heterocycles. The second kappa shape index (κ2) is 7.47. The quantitative estimate of drug-likeness (QED) is 0.729. The molecule has 0 fully saturated rings. The van der Waals surface area contributed by atoms with Crippen LogP contribution in [0.4, 0.5) is 10.5 Å². The third-order valence-electron chi connectivity index (χ3n) is 3.42. The summed E-state index contributed by atoms with van der Waals surface area (Å²) in [6.45, 7) is 0. The molecule has 0 saturated carbocycles.